The van der Waals surface area contributed by atoms with Gasteiger partial charge in [0.05, 0.1) is 9.82 Å². The standard InChI is InChI=1S/C11H15N5O4S/c1-9-4-5-10(16(17)18)8-11(9)21(19,20)14-7-3-2-6-13-15-12/h4-5,8,14H,2-3,6-7H2,1H3. The maximum absolute atomic E-state index is 12.1. The van der Waals surface area contributed by atoms with Crippen LogP contribution in [0.4, 0.5) is 5.69 Å². The molecule has 0 bridgehead atoms. The third kappa shape index (κ3) is 5.03. The Labute approximate surface area is 121 Å². The van der Waals surface area contributed by atoms with Crippen molar-refractivity contribution in [2.75, 3.05) is 13.1 Å². The Morgan fingerprint density at radius 2 is 2.14 bits per heavy atom. The predicted octanol–water partition coefficient (Wildman–Crippen LogP) is 2.27. The second-order valence-corrected chi connectivity index (χ2v) is 6.00. The van der Waals surface area contributed by atoms with Crippen LogP contribution in [-0.2, 0) is 10.0 Å². The normalized spacial score (nSPS) is 10.9. The fraction of sp³-hybridized carbons (Fsp3) is 0.455. The molecule has 0 unspecified atom stereocenters. The van der Waals surface area contributed by atoms with Gasteiger partial charge in [-0.25, -0.2) is 13.1 Å². The van der Waals surface area contributed by atoms with Gasteiger partial charge >= 0.3 is 0 Å². The number of hydrogen-bond donors (Lipinski definition) is 1. The highest BCUT2D eigenvalue weighted by atomic mass is 32.2. The van der Waals surface area contributed by atoms with Crippen molar-refractivity contribution in [2.24, 2.45) is 5.11 Å². The summed E-state index contributed by atoms with van der Waals surface area (Å²) in [4.78, 5) is 12.5. The van der Waals surface area contributed by atoms with Crippen molar-refractivity contribution in [2.45, 2.75) is 24.7 Å². The first-order valence-electron chi connectivity index (χ1n) is 6.14. The Hall–Kier alpha value is -2.16. The fourth-order valence-corrected chi connectivity index (χ4v) is 2.96. The quantitative estimate of drug-likeness (QED) is 0.196. The lowest BCUT2D eigenvalue weighted by atomic mass is 10.2. The van der Waals surface area contributed by atoms with Crippen molar-refractivity contribution in [1.82, 2.24) is 4.72 Å². The van der Waals surface area contributed by atoms with Crippen LogP contribution in [0.25, 0.3) is 10.4 Å². The highest BCUT2D eigenvalue weighted by molar-refractivity contribution is 7.89. The molecule has 1 rings (SSSR count). The van der Waals surface area contributed by atoms with E-state index in [2.05, 4.69) is 14.7 Å². The van der Waals surface area contributed by atoms with Gasteiger partial charge in [-0.1, -0.05) is 11.2 Å². The number of unbranched alkanes of at least 4 members (excludes halogenated alkanes) is 1. The first-order valence-corrected chi connectivity index (χ1v) is 7.62. The number of benzene rings is 1. The molecule has 0 aliphatic heterocycles. The number of rotatable bonds is 8. The molecular formula is C11H15N5O4S. The second kappa shape index (κ2) is 7.58. The zero-order chi connectivity index (χ0) is 15.9. The predicted molar refractivity (Wildman–Crippen MR) is 76.3 cm³/mol. The number of nitrogens with one attached hydrogen (secondary N) is 1. The molecule has 0 saturated carbocycles. The smallest absolute Gasteiger partial charge is 0.258 e. The lowest BCUT2D eigenvalue weighted by Gasteiger charge is -2.08. The zero-order valence-electron chi connectivity index (χ0n) is 11.4. The van der Waals surface area contributed by atoms with E-state index in [1.165, 1.54) is 12.1 Å². The van der Waals surface area contributed by atoms with Crippen molar-refractivity contribution in [1.29, 1.82) is 0 Å². The molecule has 0 fully saturated rings. The van der Waals surface area contributed by atoms with E-state index in [1.54, 1.807) is 6.92 Å². The van der Waals surface area contributed by atoms with Gasteiger partial charge in [-0.3, -0.25) is 10.1 Å². The summed E-state index contributed by atoms with van der Waals surface area (Å²) in [6.45, 7) is 2.04. The Morgan fingerprint density at radius 1 is 1.43 bits per heavy atom. The zero-order valence-corrected chi connectivity index (χ0v) is 12.2. The molecule has 9 nitrogen and oxygen atoms in total. The van der Waals surface area contributed by atoms with Crippen LogP contribution in [-0.4, -0.2) is 26.4 Å². The van der Waals surface area contributed by atoms with Crippen molar-refractivity contribution >= 4 is 15.7 Å². The first kappa shape index (κ1) is 16.9. The SMILES string of the molecule is Cc1ccc([N+](=O)[O-])cc1S(=O)(=O)NCCCCN=[N+]=[N-]. The summed E-state index contributed by atoms with van der Waals surface area (Å²) in [5.41, 5.74) is 8.25. The second-order valence-electron chi connectivity index (χ2n) is 4.27. The molecule has 1 aromatic carbocycles. The van der Waals surface area contributed by atoms with Gasteiger partial charge in [-0.2, -0.15) is 0 Å². The van der Waals surface area contributed by atoms with E-state index in [0.29, 0.717) is 24.9 Å². The van der Waals surface area contributed by atoms with Gasteiger partial charge < -0.3 is 0 Å². The largest absolute Gasteiger partial charge is 0.270 e. The minimum atomic E-state index is -3.80. The maximum Gasteiger partial charge on any atom is 0.270 e. The van der Waals surface area contributed by atoms with E-state index < -0.39 is 14.9 Å². The van der Waals surface area contributed by atoms with Crippen LogP contribution in [0.1, 0.15) is 18.4 Å². The van der Waals surface area contributed by atoms with Gasteiger partial charge in [-0.15, -0.1) is 0 Å². The molecule has 0 spiro atoms. The summed E-state index contributed by atoms with van der Waals surface area (Å²) in [5, 5.41) is 14.0. The molecule has 0 aliphatic carbocycles. The van der Waals surface area contributed by atoms with Gasteiger partial charge in [0.15, 0.2) is 0 Å². The van der Waals surface area contributed by atoms with Gasteiger partial charge in [0.1, 0.15) is 0 Å². The lowest BCUT2D eigenvalue weighted by molar-refractivity contribution is -0.385. The molecule has 0 radical (unpaired) electrons. The fourth-order valence-electron chi connectivity index (χ4n) is 1.63. The van der Waals surface area contributed by atoms with Gasteiger partial charge in [0.2, 0.25) is 10.0 Å². The molecule has 1 N–H and O–H groups in total. The van der Waals surface area contributed by atoms with Crippen LogP contribution in [0, 0.1) is 17.0 Å². The topological polar surface area (TPSA) is 138 Å². The van der Waals surface area contributed by atoms with E-state index in [4.69, 9.17) is 5.53 Å². The highest BCUT2D eigenvalue weighted by Crippen LogP contribution is 2.21. The maximum atomic E-state index is 12.1. The van der Waals surface area contributed by atoms with Crippen LogP contribution in [0.15, 0.2) is 28.2 Å². The highest BCUT2D eigenvalue weighted by Gasteiger charge is 2.19. The van der Waals surface area contributed by atoms with Crippen LogP contribution in [0.3, 0.4) is 0 Å². The van der Waals surface area contributed by atoms with Crippen molar-refractivity contribution < 1.29 is 13.3 Å². The van der Waals surface area contributed by atoms with Crippen molar-refractivity contribution in [3.63, 3.8) is 0 Å². The lowest BCUT2D eigenvalue weighted by Crippen LogP contribution is -2.25. The van der Waals surface area contributed by atoms with Crippen LogP contribution < -0.4 is 4.72 Å². The third-order valence-electron chi connectivity index (χ3n) is 2.71. The number of non-ortho nitro benzene ring substituents is 1. The van der Waals surface area contributed by atoms with E-state index >= 15 is 0 Å². The summed E-state index contributed by atoms with van der Waals surface area (Å²) in [7, 11) is -3.80. The van der Waals surface area contributed by atoms with Crippen LogP contribution >= 0.6 is 0 Å². The monoisotopic (exact) mass is 313 g/mol. The summed E-state index contributed by atoms with van der Waals surface area (Å²) >= 11 is 0. The molecular weight excluding hydrogens is 298 g/mol. The molecule has 0 aliphatic rings. The van der Waals surface area contributed by atoms with Gasteiger partial charge in [0.25, 0.3) is 5.69 Å². The van der Waals surface area contributed by atoms with Crippen LogP contribution in [0.5, 0.6) is 0 Å². The summed E-state index contributed by atoms with van der Waals surface area (Å²) in [6.07, 6.45) is 1.06. The number of sulfonamides is 1. The Balaban J connectivity index is 2.76. The van der Waals surface area contributed by atoms with Crippen LogP contribution in [0.2, 0.25) is 0 Å². The van der Waals surface area contributed by atoms with Crippen molar-refractivity contribution in [3.05, 3.63) is 44.3 Å². The minimum absolute atomic E-state index is 0.105. The number of hydrogen-bond acceptors (Lipinski definition) is 5. The molecule has 10 heteroatoms. The molecule has 0 amide bonds. The van der Waals surface area contributed by atoms with Crippen molar-refractivity contribution in [3.8, 4) is 0 Å². The Bertz CT molecular complexity index is 667. The summed E-state index contributed by atoms with van der Waals surface area (Å²) in [6, 6.07) is 3.69. The molecule has 0 aromatic heterocycles. The summed E-state index contributed by atoms with van der Waals surface area (Å²) in [5.74, 6) is 0. The van der Waals surface area contributed by atoms with Gasteiger partial charge in [0, 0.05) is 30.1 Å². The molecule has 114 valence electrons. The molecule has 0 heterocycles. The molecule has 1 aromatic rings. The number of nitro benzene ring substituents is 1. The Morgan fingerprint density at radius 3 is 2.76 bits per heavy atom. The third-order valence-corrected chi connectivity index (χ3v) is 4.32. The van der Waals surface area contributed by atoms with E-state index in [9.17, 15) is 18.5 Å². The molecule has 0 atom stereocenters. The average Bonchev–Trinajstić information content (AvgIpc) is 2.42. The minimum Gasteiger partial charge on any atom is -0.258 e. The number of nitrogens with zero attached hydrogens (tertiary/aromatic N) is 4. The van der Waals surface area contributed by atoms with E-state index in [0.717, 1.165) is 6.07 Å². The van der Waals surface area contributed by atoms with E-state index in [-0.39, 0.29) is 17.1 Å². The molecule has 0 saturated heterocycles. The van der Waals surface area contributed by atoms with Gasteiger partial charge in [-0.05, 0) is 30.9 Å². The molecule has 21 heavy (non-hydrogen) atoms. The van der Waals surface area contributed by atoms with E-state index in [1.807, 2.05) is 0 Å². The number of aryl methyl sites for hydroxylation is 1. The summed E-state index contributed by atoms with van der Waals surface area (Å²) < 4.78 is 26.6. The number of nitro groups is 1. The average molecular weight is 313 g/mol. The number of azide groups is 1. The Kier molecular flexibility index (Phi) is 6.10. The first-order chi connectivity index (χ1) is 9.88.